The number of halogens is 1. The molecule has 2 aromatic heterocycles. The first kappa shape index (κ1) is 17.9. The van der Waals surface area contributed by atoms with Crippen LogP contribution in [0.5, 0.6) is 0 Å². The number of nitrogens with one attached hydrogen (secondary N) is 1. The SMILES string of the molecule is Cc1cc(NC(=O)c2ccn(CC(=O)O)n2)nn1Cc1ccc(Br)cc1. The molecule has 0 aliphatic rings. The molecule has 0 saturated carbocycles. The van der Waals surface area contributed by atoms with Gasteiger partial charge in [-0.1, -0.05) is 28.1 Å². The van der Waals surface area contributed by atoms with Crippen molar-refractivity contribution in [2.45, 2.75) is 20.0 Å². The molecule has 0 fully saturated rings. The van der Waals surface area contributed by atoms with Crippen LogP contribution in [0.2, 0.25) is 0 Å². The van der Waals surface area contributed by atoms with Crippen LogP contribution in [0.1, 0.15) is 21.7 Å². The Bertz CT molecular complexity index is 946. The molecule has 26 heavy (non-hydrogen) atoms. The van der Waals surface area contributed by atoms with Crippen LogP contribution in [-0.4, -0.2) is 36.5 Å². The van der Waals surface area contributed by atoms with Crippen LogP contribution in [0.3, 0.4) is 0 Å². The van der Waals surface area contributed by atoms with E-state index in [4.69, 9.17) is 5.11 Å². The molecule has 0 aliphatic heterocycles. The number of anilines is 1. The van der Waals surface area contributed by atoms with E-state index in [1.165, 1.54) is 16.9 Å². The van der Waals surface area contributed by atoms with E-state index in [1.54, 1.807) is 10.7 Å². The summed E-state index contributed by atoms with van der Waals surface area (Å²) >= 11 is 3.40. The zero-order valence-electron chi connectivity index (χ0n) is 13.9. The van der Waals surface area contributed by atoms with E-state index >= 15 is 0 Å². The maximum absolute atomic E-state index is 12.2. The van der Waals surface area contributed by atoms with Gasteiger partial charge in [0.2, 0.25) is 0 Å². The molecule has 0 unspecified atom stereocenters. The van der Waals surface area contributed by atoms with E-state index in [-0.39, 0.29) is 12.2 Å². The van der Waals surface area contributed by atoms with Gasteiger partial charge in [0, 0.05) is 22.4 Å². The van der Waals surface area contributed by atoms with Crippen molar-refractivity contribution in [2.24, 2.45) is 0 Å². The molecule has 1 amide bonds. The monoisotopic (exact) mass is 417 g/mol. The number of hydrogen-bond acceptors (Lipinski definition) is 4. The summed E-state index contributed by atoms with van der Waals surface area (Å²) in [6.45, 7) is 2.19. The standard InChI is InChI=1S/C17H16BrN5O3/c1-11-8-15(21-23(11)9-12-2-4-13(18)5-3-12)19-17(26)14-6-7-22(20-14)10-16(24)25/h2-8H,9-10H2,1H3,(H,24,25)(H,19,21,26). The molecule has 0 bridgehead atoms. The van der Waals surface area contributed by atoms with Crippen LogP contribution in [0.4, 0.5) is 5.82 Å². The summed E-state index contributed by atoms with van der Waals surface area (Å²) in [5.74, 6) is -1.05. The fourth-order valence-corrected chi connectivity index (χ4v) is 2.65. The molecule has 3 aromatic rings. The molecule has 3 rings (SSSR count). The minimum Gasteiger partial charge on any atom is -0.480 e. The second-order valence-electron chi connectivity index (χ2n) is 5.70. The summed E-state index contributed by atoms with van der Waals surface area (Å²) in [5.41, 5.74) is 2.12. The van der Waals surface area contributed by atoms with E-state index in [2.05, 4.69) is 31.4 Å². The summed E-state index contributed by atoms with van der Waals surface area (Å²) in [5, 5.41) is 19.8. The lowest BCUT2D eigenvalue weighted by Crippen LogP contribution is -2.15. The number of benzene rings is 1. The number of aromatic nitrogens is 4. The number of hydrogen-bond donors (Lipinski definition) is 2. The molecule has 0 spiro atoms. The zero-order chi connectivity index (χ0) is 18.7. The Morgan fingerprint density at radius 3 is 2.62 bits per heavy atom. The Morgan fingerprint density at radius 1 is 1.19 bits per heavy atom. The number of nitrogens with zero attached hydrogens (tertiary/aromatic N) is 4. The van der Waals surface area contributed by atoms with Crippen molar-refractivity contribution in [2.75, 3.05) is 5.32 Å². The lowest BCUT2D eigenvalue weighted by Gasteiger charge is -2.04. The largest absolute Gasteiger partial charge is 0.480 e. The number of rotatable bonds is 6. The molecular formula is C17H16BrN5O3. The Hall–Kier alpha value is -2.94. The highest BCUT2D eigenvalue weighted by Gasteiger charge is 2.13. The van der Waals surface area contributed by atoms with Crippen LogP contribution in [0.25, 0.3) is 0 Å². The number of aliphatic carboxylic acids is 1. The van der Waals surface area contributed by atoms with Crippen molar-refractivity contribution in [1.29, 1.82) is 0 Å². The molecule has 0 aliphatic carbocycles. The summed E-state index contributed by atoms with van der Waals surface area (Å²) in [4.78, 5) is 22.9. The van der Waals surface area contributed by atoms with E-state index in [1.807, 2.05) is 31.2 Å². The molecular weight excluding hydrogens is 402 g/mol. The molecule has 1 aromatic carbocycles. The fraction of sp³-hybridized carbons (Fsp3) is 0.176. The van der Waals surface area contributed by atoms with Gasteiger partial charge >= 0.3 is 5.97 Å². The maximum Gasteiger partial charge on any atom is 0.325 e. The van der Waals surface area contributed by atoms with Crippen LogP contribution in [-0.2, 0) is 17.9 Å². The van der Waals surface area contributed by atoms with Crippen molar-refractivity contribution in [3.63, 3.8) is 0 Å². The molecule has 8 nitrogen and oxygen atoms in total. The highest BCUT2D eigenvalue weighted by atomic mass is 79.9. The molecule has 2 N–H and O–H groups in total. The highest BCUT2D eigenvalue weighted by Crippen LogP contribution is 2.15. The van der Waals surface area contributed by atoms with Crippen molar-refractivity contribution < 1.29 is 14.7 Å². The molecule has 0 atom stereocenters. The minimum atomic E-state index is -1.03. The number of aryl methyl sites for hydroxylation is 1. The molecule has 2 heterocycles. The van der Waals surface area contributed by atoms with Gasteiger partial charge < -0.3 is 10.4 Å². The number of carboxylic acids is 1. The predicted molar refractivity (Wildman–Crippen MR) is 98.0 cm³/mol. The number of carboxylic acid groups (broad SMARTS) is 1. The minimum absolute atomic E-state index is 0.131. The third kappa shape index (κ3) is 4.37. The third-order valence-electron chi connectivity index (χ3n) is 3.64. The van der Waals surface area contributed by atoms with Gasteiger partial charge in [0.1, 0.15) is 6.54 Å². The molecule has 0 radical (unpaired) electrons. The second-order valence-corrected chi connectivity index (χ2v) is 6.62. The first-order chi connectivity index (χ1) is 12.4. The van der Waals surface area contributed by atoms with Gasteiger partial charge in [-0.2, -0.15) is 10.2 Å². The Balaban J connectivity index is 1.68. The Labute approximate surface area is 157 Å². The van der Waals surface area contributed by atoms with Gasteiger partial charge in [0.05, 0.1) is 6.54 Å². The molecule has 9 heteroatoms. The first-order valence-electron chi connectivity index (χ1n) is 7.76. The summed E-state index contributed by atoms with van der Waals surface area (Å²) < 4.78 is 3.99. The Morgan fingerprint density at radius 2 is 1.92 bits per heavy atom. The van der Waals surface area contributed by atoms with E-state index in [9.17, 15) is 9.59 Å². The topological polar surface area (TPSA) is 102 Å². The number of carbonyl (C=O) groups excluding carboxylic acids is 1. The number of amides is 1. The van der Waals surface area contributed by atoms with Crippen LogP contribution < -0.4 is 5.32 Å². The van der Waals surface area contributed by atoms with Gasteiger partial charge in [-0.25, -0.2) is 0 Å². The Kier molecular flexibility index (Phi) is 5.17. The number of carbonyl (C=O) groups is 2. The van der Waals surface area contributed by atoms with E-state index < -0.39 is 11.9 Å². The summed E-state index contributed by atoms with van der Waals surface area (Å²) in [6, 6.07) is 11.2. The van der Waals surface area contributed by atoms with Crippen molar-refractivity contribution in [1.82, 2.24) is 19.6 Å². The van der Waals surface area contributed by atoms with E-state index in [0.717, 1.165) is 15.7 Å². The smallest absolute Gasteiger partial charge is 0.325 e. The third-order valence-corrected chi connectivity index (χ3v) is 4.17. The first-order valence-corrected chi connectivity index (χ1v) is 8.55. The van der Waals surface area contributed by atoms with Gasteiger partial charge in [-0.15, -0.1) is 0 Å². The quantitative estimate of drug-likeness (QED) is 0.641. The van der Waals surface area contributed by atoms with Gasteiger partial charge in [0.25, 0.3) is 5.91 Å². The van der Waals surface area contributed by atoms with E-state index in [0.29, 0.717) is 12.4 Å². The maximum atomic E-state index is 12.2. The normalized spacial score (nSPS) is 10.7. The van der Waals surface area contributed by atoms with Gasteiger partial charge in [0.15, 0.2) is 11.5 Å². The summed E-state index contributed by atoms with van der Waals surface area (Å²) in [7, 11) is 0. The second kappa shape index (κ2) is 7.52. The van der Waals surface area contributed by atoms with Crippen molar-refractivity contribution in [3.8, 4) is 0 Å². The zero-order valence-corrected chi connectivity index (χ0v) is 15.5. The lowest BCUT2D eigenvalue weighted by molar-refractivity contribution is -0.137. The average molecular weight is 418 g/mol. The molecule has 0 saturated heterocycles. The van der Waals surface area contributed by atoms with Crippen LogP contribution in [0.15, 0.2) is 47.1 Å². The van der Waals surface area contributed by atoms with Gasteiger partial charge in [-0.05, 0) is 30.7 Å². The van der Waals surface area contributed by atoms with Crippen LogP contribution >= 0.6 is 15.9 Å². The predicted octanol–water partition coefficient (Wildman–Crippen LogP) is 2.54. The highest BCUT2D eigenvalue weighted by molar-refractivity contribution is 9.10. The van der Waals surface area contributed by atoms with Crippen molar-refractivity contribution >= 4 is 33.6 Å². The van der Waals surface area contributed by atoms with Crippen LogP contribution in [0, 0.1) is 6.92 Å². The lowest BCUT2D eigenvalue weighted by atomic mass is 10.2. The van der Waals surface area contributed by atoms with Gasteiger partial charge in [-0.3, -0.25) is 19.0 Å². The summed E-state index contributed by atoms with van der Waals surface area (Å²) in [6.07, 6.45) is 1.44. The van der Waals surface area contributed by atoms with Crippen molar-refractivity contribution in [3.05, 3.63) is 64.0 Å². The fourth-order valence-electron chi connectivity index (χ4n) is 2.38. The average Bonchev–Trinajstić information content (AvgIpc) is 3.16. The molecule has 134 valence electrons.